The molecule has 8 heteroatoms. The van der Waals surface area contributed by atoms with Crippen molar-refractivity contribution in [3.8, 4) is 23.0 Å². The first kappa shape index (κ1) is 23.4. The van der Waals surface area contributed by atoms with Crippen molar-refractivity contribution in [2.45, 2.75) is 12.5 Å². The van der Waals surface area contributed by atoms with Crippen LogP contribution in [0.4, 0.5) is 0 Å². The quantitative estimate of drug-likeness (QED) is 0.455. The van der Waals surface area contributed by atoms with Crippen molar-refractivity contribution in [1.29, 1.82) is 0 Å². The molecule has 4 rings (SSSR count). The van der Waals surface area contributed by atoms with Gasteiger partial charge >= 0.3 is 0 Å². The molecule has 0 aromatic heterocycles. The highest BCUT2D eigenvalue weighted by Gasteiger charge is 2.37. The minimum absolute atomic E-state index is 0.317. The summed E-state index contributed by atoms with van der Waals surface area (Å²) < 4.78 is 22.0. The number of carbonyl (C=O) groups is 1. The van der Waals surface area contributed by atoms with Crippen LogP contribution in [0, 0.1) is 0 Å². The molecule has 0 aliphatic carbocycles. The third-order valence-corrected chi connectivity index (χ3v) is 6.07. The maximum atomic E-state index is 13.6. The highest BCUT2D eigenvalue weighted by atomic mass is 35.5. The lowest BCUT2D eigenvalue weighted by molar-refractivity contribution is 0.0709. The van der Waals surface area contributed by atoms with Gasteiger partial charge < -0.3 is 18.9 Å². The largest absolute Gasteiger partial charge is 0.497 e. The summed E-state index contributed by atoms with van der Waals surface area (Å²) in [6.07, 6.45) is 0.433. The number of hydrogen-bond acceptors (Lipinski definition) is 6. The fourth-order valence-electron chi connectivity index (χ4n) is 4.00. The Morgan fingerprint density at radius 3 is 2.24 bits per heavy atom. The van der Waals surface area contributed by atoms with Gasteiger partial charge in [-0.2, -0.15) is 5.10 Å². The normalized spacial score (nSPS) is 15.0. The Balaban J connectivity index is 1.84. The van der Waals surface area contributed by atoms with Gasteiger partial charge in [0.1, 0.15) is 23.0 Å². The van der Waals surface area contributed by atoms with Gasteiger partial charge in [-0.25, -0.2) is 5.01 Å². The average Bonchev–Trinajstić information content (AvgIpc) is 3.32. The number of hydrogen-bond donors (Lipinski definition) is 0. The molecule has 1 amide bonds. The van der Waals surface area contributed by atoms with Gasteiger partial charge in [0.05, 0.1) is 50.8 Å². The molecule has 3 aromatic rings. The number of rotatable bonds is 7. The Morgan fingerprint density at radius 1 is 0.882 bits per heavy atom. The third-order valence-electron chi connectivity index (χ3n) is 5.74. The molecule has 34 heavy (non-hydrogen) atoms. The van der Waals surface area contributed by atoms with Crippen LogP contribution in [0.15, 0.2) is 65.8 Å². The van der Waals surface area contributed by atoms with Gasteiger partial charge in [-0.05, 0) is 42.5 Å². The Kier molecular flexibility index (Phi) is 6.93. The van der Waals surface area contributed by atoms with E-state index >= 15 is 0 Å². The van der Waals surface area contributed by atoms with Crippen molar-refractivity contribution in [3.05, 3.63) is 82.4 Å². The van der Waals surface area contributed by atoms with Crippen LogP contribution in [0.1, 0.15) is 33.9 Å². The van der Waals surface area contributed by atoms with E-state index in [9.17, 15) is 4.79 Å². The highest BCUT2D eigenvalue weighted by molar-refractivity contribution is 6.33. The summed E-state index contributed by atoms with van der Waals surface area (Å²) in [6.45, 7) is 0. The lowest BCUT2D eigenvalue weighted by atomic mass is 9.96. The smallest absolute Gasteiger partial charge is 0.276 e. The number of halogens is 1. The number of methoxy groups -OCH3 is 4. The maximum absolute atomic E-state index is 13.6. The van der Waals surface area contributed by atoms with Gasteiger partial charge in [-0.3, -0.25) is 4.79 Å². The molecule has 176 valence electrons. The van der Waals surface area contributed by atoms with Crippen LogP contribution < -0.4 is 18.9 Å². The highest BCUT2D eigenvalue weighted by Crippen LogP contribution is 2.41. The van der Waals surface area contributed by atoms with E-state index in [1.165, 1.54) is 5.01 Å². The Morgan fingerprint density at radius 2 is 1.56 bits per heavy atom. The standard InChI is InChI=1S/C26H25ClN2O5/c1-31-16-10-12-24(33-3)20(13-16)23-15-22(19-11-9-17(32-2)14-25(19)34-4)28-29(23)26(30)18-7-5-6-8-21(18)27/h5-14,23H,15H2,1-4H3/t23-/m1/s1. The first-order chi connectivity index (χ1) is 16.5. The van der Waals surface area contributed by atoms with Gasteiger partial charge in [0.15, 0.2) is 0 Å². The summed E-state index contributed by atoms with van der Waals surface area (Å²) in [5, 5.41) is 6.57. The molecule has 1 aliphatic rings. The Bertz CT molecular complexity index is 1240. The SMILES string of the molecule is COc1ccc(C2=NN(C(=O)c3ccccc3Cl)[C@@H](c3cc(OC)ccc3OC)C2)c(OC)c1. The molecule has 0 spiro atoms. The number of benzene rings is 3. The van der Waals surface area contributed by atoms with Crippen LogP contribution in [-0.2, 0) is 0 Å². The molecule has 0 saturated carbocycles. The van der Waals surface area contributed by atoms with Gasteiger partial charge in [-0.1, -0.05) is 23.7 Å². The number of ether oxygens (including phenoxy) is 4. The van der Waals surface area contributed by atoms with Gasteiger partial charge in [-0.15, -0.1) is 0 Å². The number of nitrogens with zero attached hydrogens (tertiary/aromatic N) is 2. The van der Waals surface area contributed by atoms with Crippen LogP contribution >= 0.6 is 11.6 Å². The van der Waals surface area contributed by atoms with Crippen LogP contribution in [0.5, 0.6) is 23.0 Å². The van der Waals surface area contributed by atoms with Crippen LogP contribution in [-0.4, -0.2) is 45.1 Å². The summed E-state index contributed by atoms with van der Waals surface area (Å²) in [4.78, 5) is 13.6. The third kappa shape index (κ3) is 4.39. The maximum Gasteiger partial charge on any atom is 0.276 e. The van der Waals surface area contributed by atoms with E-state index in [-0.39, 0.29) is 5.91 Å². The second-order valence-corrected chi connectivity index (χ2v) is 7.98. The van der Waals surface area contributed by atoms with E-state index in [0.29, 0.717) is 45.7 Å². The predicted octanol–water partition coefficient (Wildman–Crippen LogP) is 5.37. The van der Waals surface area contributed by atoms with E-state index in [4.69, 9.17) is 35.6 Å². The Labute approximate surface area is 203 Å². The lowest BCUT2D eigenvalue weighted by Crippen LogP contribution is -2.27. The van der Waals surface area contributed by atoms with Gasteiger partial charge in [0.25, 0.3) is 5.91 Å². The molecule has 0 N–H and O–H groups in total. The summed E-state index contributed by atoms with van der Waals surface area (Å²) in [5.41, 5.74) is 2.59. The van der Waals surface area contributed by atoms with Crippen LogP contribution in [0.2, 0.25) is 5.02 Å². The second kappa shape index (κ2) is 10.1. The van der Waals surface area contributed by atoms with E-state index in [2.05, 4.69) is 0 Å². The van der Waals surface area contributed by atoms with Gasteiger partial charge in [0, 0.05) is 23.6 Å². The topological polar surface area (TPSA) is 69.6 Å². The summed E-state index contributed by atoms with van der Waals surface area (Å²) >= 11 is 6.36. The Hall–Kier alpha value is -3.71. The van der Waals surface area contributed by atoms with E-state index < -0.39 is 6.04 Å². The average molecular weight is 481 g/mol. The van der Waals surface area contributed by atoms with Crippen molar-refractivity contribution in [3.63, 3.8) is 0 Å². The second-order valence-electron chi connectivity index (χ2n) is 7.57. The minimum atomic E-state index is -0.448. The molecular formula is C26H25ClN2O5. The fraction of sp³-hybridized carbons (Fsp3) is 0.231. The zero-order valence-corrected chi connectivity index (χ0v) is 20.1. The molecule has 3 aromatic carbocycles. The lowest BCUT2D eigenvalue weighted by Gasteiger charge is -2.24. The molecule has 1 atom stereocenters. The molecular weight excluding hydrogens is 456 g/mol. The molecule has 1 heterocycles. The zero-order chi connectivity index (χ0) is 24.2. The van der Waals surface area contributed by atoms with Crippen molar-refractivity contribution >= 4 is 23.2 Å². The zero-order valence-electron chi connectivity index (χ0n) is 19.4. The number of amides is 1. The van der Waals surface area contributed by atoms with E-state index in [1.54, 1.807) is 58.8 Å². The monoisotopic (exact) mass is 480 g/mol. The van der Waals surface area contributed by atoms with Crippen LogP contribution in [0.25, 0.3) is 0 Å². The van der Waals surface area contributed by atoms with E-state index in [0.717, 1.165) is 11.1 Å². The molecule has 1 aliphatic heterocycles. The van der Waals surface area contributed by atoms with Crippen LogP contribution in [0.3, 0.4) is 0 Å². The predicted molar refractivity (Wildman–Crippen MR) is 131 cm³/mol. The molecule has 7 nitrogen and oxygen atoms in total. The molecule has 0 unspecified atom stereocenters. The fourth-order valence-corrected chi connectivity index (χ4v) is 4.21. The van der Waals surface area contributed by atoms with Crippen molar-refractivity contribution in [2.24, 2.45) is 5.10 Å². The molecule has 0 saturated heterocycles. The molecule has 0 bridgehead atoms. The summed E-state index contributed by atoms with van der Waals surface area (Å²) in [5.74, 6) is 2.22. The van der Waals surface area contributed by atoms with Gasteiger partial charge in [0.2, 0.25) is 0 Å². The van der Waals surface area contributed by atoms with Crippen molar-refractivity contribution in [1.82, 2.24) is 5.01 Å². The van der Waals surface area contributed by atoms with E-state index in [1.807, 2.05) is 30.3 Å². The summed E-state index contributed by atoms with van der Waals surface area (Å²) in [6, 6.07) is 17.5. The molecule has 0 fully saturated rings. The molecule has 0 radical (unpaired) electrons. The first-order valence-electron chi connectivity index (χ1n) is 10.6. The number of hydrazone groups is 1. The first-order valence-corrected chi connectivity index (χ1v) is 11.0. The number of carbonyl (C=O) groups excluding carboxylic acids is 1. The van der Waals surface area contributed by atoms with Crippen molar-refractivity contribution in [2.75, 3.05) is 28.4 Å². The van der Waals surface area contributed by atoms with Crippen molar-refractivity contribution < 1.29 is 23.7 Å². The minimum Gasteiger partial charge on any atom is -0.497 e. The summed E-state index contributed by atoms with van der Waals surface area (Å²) in [7, 11) is 6.37.